The maximum atomic E-state index is 4.85. The summed E-state index contributed by atoms with van der Waals surface area (Å²) in [6.45, 7) is 8.87. The van der Waals surface area contributed by atoms with Crippen LogP contribution in [0.5, 0.6) is 0 Å². The maximum absolute atomic E-state index is 4.85. The summed E-state index contributed by atoms with van der Waals surface area (Å²) in [5.74, 6) is 3.40. The topological polar surface area (TPSA) is 67.1 Å². The van der Waals surface area contributed by atoms with Crippen molar-refractivity contribution in [2.75, 3.05) is 6.54 Å². The first-order chi connectivity index (χ1) is 14.0. The van der Waals surface area contributed by atoms with Crippen LogP contribution < -0.4 is 10.6 Å². The van der Waals surface area contributed by atoms with Gasteiger partial charge < -0.3 is 15.2 Å². The molecule has 1 fully saturated rings. The highest BCUT2D eigenvalue weighted by Crippen LogP contribution is 2.42. The van der Waals surface area contributed by atoms with Crippen LogP contribution in [-0.4, -0.2) is 27.3 Å². The Kier molecular flexibility index (Phi) is 9.58. The van der Waals surface area contributed by atoms with Gasteiger partial charge in [-0.15, -0.1) is 34.2 Å². The van der Waals surface area contributed by atoms with E-state index in [9.17, 15) is 0 Å². The lowest BCUT2D eigenvalue weighted by molar-refractivity contribution is 0.234. The lowest BCUT2D eigenvalue weighted by Gasteiger charge is -2.32. The van der Waals surface area contributed by atoms with Gasteiger partial charge in [-0.05, 0) is 43.1 Å². The second-order valence-electron chi connectivity index (χ2n) is 8.89. The second kappa shape index (κ2) is 11.7. The third kappa shape index (κ3) is 6.96. The van der Waals surface area contributed by atoms with Gasteiger partial charge in [0.1, 0.15) is 5.82 Å². The van der Waals surface area contributed by atoms with E-state index in [1.165, 1.54) is 37.7 Å². The van der Waals surface area contributed by atoms with E-state index in [1.807, 2.05) is 24.6 Å². The fourth-order valence-electron chi connectivity index (χ4n) is 4.41. The van der Waals surface area contributed by atoms with Gasteiger partial charge in [-0.1, -0.05) is 57.0 Å². The van der Waals surface area contributed by atoms with E-state index in [0.29, 0.717) is 24.4 Å². The Hall–Kier alpha value is -1.64. The largest absolute Gasteiger partial charge is 0.356 e. The quantitative estimate of drug-likeness (QED) is 0.302. The van der Waals surface area contributed by atoms with Crippen molar-refractivity contribution < 1.29 is 0 Å². The molecule has 166 valence electrons. The highest BCUT2D eigenvalue weighted by Gasteiger charge is 2.34. The highest BCUT2D eigenvalue weighted by molar-refractivity contribution is 14.0. The molecule has 2 aromatic rings. The molecule has 0 saturated heterocycles. The van der Waals surface area contributed by atoms with Crippen LogP contribution in [-0.2, 0) is 20.1 Å². The van der Waals surface area contributed by atoms with E-state index in [1.54, 1.807) is 0 Å². The van der Waals surface area contributed by atoms with Crippen molar-refractivity contribution in [1.29, 1.82) is 0 Å². The van der Waals surface area contributed by atoms with Crippen molar-refractivity contribution >= 4 is 29.9 Å². The van der Waals surface area contributed by atoms with Crippen molar-refractivity contribution in [3.8, 4) is 0 Å². The predicted molar refractivity (Wildman–Crippen MR) is 134 cm³/mol. The summed E-state index contributed by atoms with van der Waals surface area (Å²) in [4.78, 5) is 4.85. The molecule has 0 bridgehead atoms. The lowest BCUT2D eigenvalue weighted by atomic mass is 9.78. The summed E-state index contributed by atoms with van der Waals surface area (Å²) in [5, 5.41) is 15.5. The number of guanidine groups is 1. The van der Waals surface area contributed by atoms with Gasteiger partial charge in [0.15, 0.2) is 11.8 Å². The number of nitrogens with zero attached hydrogens (tertiary/aromatic N) is 4. The van der Waals surface area contributed by atoms with E-state index in [4.69, 9.17) is 4.99 Å². The molecule has 0 atom stereocenters. The molecule has 6 nitrogen and oxygen atoms in total. The average molecular weight is 524 g/mol. The Morgan fingerprint density at radius 2 is 1.83 bits per heavy atom. The van der Waals surface area contributed by atoms with Gasteiger partial charge in [0.25, 0.3) is 0 Å². The van der Waals surface area contributed by atoms with Crippen molar-refractivity contribution in [3.05, 3.63) is 47.5 Å². The number of aryl methyl sites for hydroxylation is 1. The standard InChI is InChI=1S/C23H36N6.HI/c1-18(2)14-23(12-8-9-13-23)17-26-22(24-15-20-10-6-5-7-11-20)25-16-21-28-27-19(3)29(21)4;/h5-7,10-11,18H,8-9,12-17H2,1-4H3,(H2,24,25,26);1H. The first kappa shape index (κ1) is 24.6. The van der Waals surface area contributed by atoms with Crippen LogP contribution >= 0.6 is 24.0 Å². The molecule has 3 rings (SSSR count). The molecule has 1 aromatic heterocycles. The Labute approximate surface area is 198 Å². The zero-order valence-corrected chi connectivity index (χ0v) is 21.1. The summed E-state index contributed by atoms with van der Waals surface area (Å²) < 4.78 is 2.01. The molecule has 1 heterocycles. The third-order valence-electron chi connectivity index (χ3n) is 6.00. The number of benzene rings is 1. The number of hydrogen-bond acceptors (Lipinski definition) is 3. The number of hydrogen-bond donors (Lipinski definition) is 2. The average Bonchev–Trinajstić information content (AvgIpc) is 3.29. The molecule has 0 aliphatic heterocycles. The Morgan fingerprint density at radius 1 is 1.13 bits per heavy atom. The van der Waals surface area contributed by atoms with Gasteiger partial charge in [-0.3, -0.25) is 0 Å². The SMILES string of the molecule is Cc1nnc(CNC(=NCc2ccccc2)NCC2(CC(C)C)CCCC2)n1C.I. The number of aromatic nitrogens is 3. The summed E-state index contributed by atoms with van der Waals surface area (Å²) in [6.07, 6.45) is 6.58. The summed E-state index contributed by atoms with van der Waals surface area (Å²) in [6, 6.07) is 10.4. The van der Waals surface area contributed by atoms with Crippen LogP contribution in [0.1, 0.15) is 63.2 Å². The summed E-state index contributed by atoms with van der Waals surface area (Å²) in [7, 11) is 2.00. The van der Waals surface area contributed by atoms with E-state index in [-0.39, 0.29) is 24.0 Å². The molecule has 2 N–H and O–H groups in total. The minimum Gasteiger partial charge on any atom is -0.356 e. The number of aliphatic imine (C=N–C) groups is 1. The fraction of sp³-hybridized carbons (Fsp3) is 0.609. The number of rotatable bonds is 8. The van der Waals surface area contributed by atoms with Gasteiger partial charge in [-0.2, -0.15) is 0 Å². The maximum Gasteiger partial charge on any atom is 0.191 e. The summed E-state index contributed by atoms with van der Waals surface area (Å²) in [5.41, 5.74) is 1.60. The van der Waals surface area contributed by atoms with Gasteiger partial charge >= 0.3 is 0 Å². The summed E-state index contributed by atoms with van der Waals surface area (Å²) >= 11 is 0. The normalized spacial score (nSPS) is 15.8. The Balaban J connectivity index is 0.00000320. The molecule has 0 amide bonds. The third-order valence-corrected chi connectivity index (χ3v) is 6.00. The van der Waals surface area contributed by atoms with Crippen LogP contribution in [0.3, 0.4) is 0 Å². The second-order valence-corrected chi connectivity index (χ2v) is 8.89. The van der Waals surface area contributed by atoms with Gasteiger partial charge in [-0.25, -0.2) is 4.99 Å². The van der Waals surface area contributed by atoms with E-state index < -0.39 is 0 Å². The van der Waals surface area contributed by atoms with Crippen LogP contribution in [0.2, 0.25) is 0 Å². The zero-order valence-electron chi connectivity index (χ0n) is 18.8. The Bertz CT molecular complexity index is 793. The Morgan fingerprint density at radius 3 is 2.43 bits per heavy atom. The first-order valence-corrected chi connectivity index (χ1v) is 10.9. The van der Waals surface area contributed by atoms with Gasteiger partial charge in [0.05, 0.1) is 13.1 Å². The molecule has 1 aliphatic rings. The fourth-order valence-corrected chi connectivity index (χ4v) is 4.41. The van der Waals surface area contributed by atoms with Crippen molar-refractivity contribution in [2.45, 2.75) is 66.0 Å². The molecular weight excluding hydrogens is 487 g/mol. The number of nitrogens with one attached hydrogen (secondary N) is 2. The smallest absolute Gasteiger partial charge is 0.191 e. The lowest BCUT2D eigenvalue weighted by Crippen LogP contribution is -2.43. The molecule has 0 radical (unpaired) electrons. The molecule has 1 aromatic carbocycles. The molecule has 0 spiro atoms. The van der Waals surface area contributed by atoms with Crippen LogP contribution in [0.4, 0.5) is 0 Å². The predicted octanol–water partition coefficient (Wildman–Crippen LogP) is 4.58. The van der Waals surface area contributed by atoms with Gasteiger partial charge in [0, 0.05) is 13.6 Å². The monoisotopic (exact) mass is 524 g/mol. The van der Waals surface area contributed by atoms with Crippen LogP contribution in [0.25, 0.3) is 0 Å². The van der Waals surface area contributed by atoms with Crippen LogP contribution in [0.15, 0.2) is 35.3 Å². The molecule has 1 saturated carbocycles. The van der Waals surface area contributed by atoms with Gasteiger partial charge in [0.2, 0.25) is 0 Å². The van der Waals surface area contributed by atoms with Crippen molar-refractivity contribution in [1.82, 2.24) is 25.4 Å². The van der Waals surface area contributed by atoms with Crippen molar-refractivity contribution in [3.63, 3.8) is 0 Å². The molecule has 30 heavy (non-hydrogen) atoms. The minimum atomic E-state index is 0. The van der Waals surface area contributed by atoms with Crippen LogP contribution in [0, 0.1) is 18.3 Å². The van der Waals surface area contributed by atoms with E-state index >= 15 is 0 Å². The number of halogens is 1. The molecular formula is C23H37IN6. The molecule has 7 heteroatoms. The minimum absolute atomic E-state index is 0. The highest BCUT2D eigenvalue weighted by atomic mass is 127. The first-order valence-electron chi connectivity index (χ1n) is 10.9. The molecule has 0 unspecified atom stereocenters. The van der Waals surface area contributed by atoms with E-state index in [2.05, 4.69) is 58.9 Å². The van der Waals surface area contributed by atoms with E-state index in [0.717, 1.165) is 24.2 Å². The van der Waals surface area contributed by atoms with Crippen molar-refractivity contribution in [2.24, 2.45) is 23.4 Å². The zero-order chi connectivity index (χ0) is 20.7. The molecule has 1 aliphatic carbocycles.